The van der Waals surface area contributed by atoms with E-state index in [2.05, 4.69) is 10.0 Å². The van der Waals surface area contributed by atoms with Crippen LogP contribution in [0.25, 0.3) is 0 Å². The molecule has 1 saturated heterocycles. The lowest BCUT2D eigenvalue weighted by Gasteiger charge is -2.19. The molecular formula is C18H26FN3O4S2. The minimum Gasteiger partial charge on any atom is -0.354 e. The molecule has 7 nitrogen and oxygen atoms in total. The van der Waals surface area contributed by atoms with E-state index in [-0.39, 0.29) is 25.3 Å². The van der Waals surface area contributed by atoms with E-state index >= 15 is 0 Å². The van der Waals surface area contributed by atoms with Gasteiger partial charge in [0.25, 0.3) is 0 Å². The third kappa shape index (κ3) is 6.46. The lowest BCUT2D eigenvalue weighted by Crippen LogP contribution is -2.47. The van der Waals surface area contributed by atoms with Crippen LogP contribution in [0.4, 0.5) is 4.39 Å². The lowest BCUT2D eigenvalue weighted by atomic mass is 10.2. The van der Waals surface area contributed by atoms with Crippen molar-refractivity contribution < 1.29 is 22.4 Å². The Labute approximate surface area is 169 Å². The van der Waals surface area contributed by atoms with Crippen molar-refractivity contribution in [3.05, 3.63) is 30.1 Å². The first-order valence-electron chi connectivity index (χ1n) is 9.16. The van der Waals surface area contributed by atoms with Gasteiger partial charge in [-0.2, -0.15) is 16.5 Å². The summed E-state index contributed by atoms with van der Waals surface area (Å²) in [6.45, 7) is 1.61. The maximum Gasteiger partial charge on any atom is 0.244 e. The molecule has 1 aliphatic rings. The molecule has 1 atom stereocenters. The Kier molecular flexibility index (Phi) is 8.71. The van der Waals surface area contributed by atoms with Crippen molar-refractivity contribution in [1.29, 1.82) is 0 Å². The Morgan fingerprint density at radius 2 is 1.93 bits per heavy atom. The van der Waals surface area contributed by atoms with Gasteiger partial charge in [0.15, 0.2) is 0 Å². The van der Waals surface area contributed by atoms with E-state index in [0.717, 1.165) is 38.1 Å². The zero-order valence-electron chi connectivity index (χ0n) is 15.8. The SMILES string of the molecule is CSCC[C@@H](NS(=O)(=O)c1ccccc1F)C(=O)NCCC(=O)N1CCCC1. The van der Waals surface area contributed by atoms with Gasteiger partial charge in [0, 0.05) is 26.1 Å². The molecule has 1 heterocycles. The molecule has 0 bridgehead atoms. The van der Waals surface area contributed by atoms with Gasteiger partial charge in [-0.25, -0.2) is 12.8 Å². The van der Waals surface area contributed by atoms with Crippen LogP contribution in [0.5, 0.6) is 0 Å². The monoisotopic (exact) mass is 431 g/mol. The third-order valence-electron chi connectivity index (χ3n) is 4.45. The van der Waals surface area contributed by atoms with Crippen LogP contribution < -0.4 is 10.0 Å². The Morgan fingerprint density at radius 1 is 1.25 bits per heavy atom. The highest BCUT2D eigenvalue weighted by Crippen LogP contribution is 2.15. The van der Waals surface area contributed by atoms with Crippen molar-refractivity contribution >= 4 is 33.6 Å². The first-order valence-corrected chi connectivity index (χ1v) is 12.0. The van der Waals surface area contributed by atoms with Gasteiger partial charge in [-0.3, -0.25) is 9.59 Å². The molecule has 0 aromatic heterocycles. The van der Waals surface area contributed by atoms with Crippen LogP contribution in [-0.2, 0) is 19.6 Å². The number of nitrogens with one attached hydrogen (secondary N) is 2. The second-order valence-corrected chi connectivity index (χ2v) is 9.18. The van der Waals surface area contributed by atoms with E-state index < -0.39 is 32.7 Å². The second kappa shape index (κ2) is 10.8. The van der Waals surface area contributed by atoms with E-state index in [1.54, 1.807) is 4.90 Å². The summed E-state index contributed by atoms with van der Waals surface area (Å²) in [4.78, 5) is 25.8. The van der Waals surface area contributed by atoms with Gasteiger partial charge in [0.1, 0.15) is 16.8 Å². The Balaban J connectivity index is 1.96. The van der Waals surface area contributed by atoms with Crippen molar-refractivity contribution in [2.24, 2.45) is 0 Å². The number of hydrogen-bond donors (Lipinski definition) is 2. The predicted molar refractivity (Wildman–Crippen MR) is 107 cm³/mol. The molecule has 10 heteroatoms. The van der Waals surface area contributed by atoms with Crippen molar-refractivity contribution in [3.8, 4) is 0 Å². The number of rotatable bonds is 10. The highest BCUT2D eigenvalue weighted by Gasteiger charge is 2.27. The smallest absolute Gasteiger partial charge is 0.244 e. The van der Waals surface area contributed by atoms with Crippen LogP contribution in [-0.4, -0.2) is 62.8 Å². The fourth-order valence-corrected chi connectivity index (χ4v) is 4.71. The largest absolute Gasteiger partial charge is 0.354 e. The highest BCUT2D eigenvalue weighted by atomic mass is 32.2. The number of benzene rings is 1. The zero-order valence-corrected chi connectivity index (χ0v) is 17.5. The maximum absolute atomic E-state index is 13.9. The molecule has 1 aromatic rings. The normalized spacial score (nSPS) is 15.4. The van der Waals surface area contributed by atoms with E-state index in [0.29, 0.717) is 5.75 Å². The molecule has 0 aliphatic carbocycles. The summed E-state index contributed by atoms with van der Waals surface area (Å²) in [6, 6.07) is 3.96. The summed E-state index contributed by atoms with van der Waals surface area (Å²) in [6.07, 6.45) is 4.25. The molecule has 2 rings (SSSR count). The number of nitrogens with zero attached hydrogens (tertiary/aromatic N) is 1. The fourth-order valence-electron chi connectivity index (χ4n) is 2.93. The molecule has 0 saturated carbocycles. The number of sulfonamides is 1. The fraction of sp³-hybridized carbons (Fsp3) is 0.556. The average Bonchev–Trinajstić information content (AvgIpc) is 3.20. The highest BCUT2D eigenvalue weighted by molar-refractivity contribution is 7.98. The van der Waals surface area contributed by atoms with Crippen molar-refractivity contribution in [2.45, 2.75) is 36.6 Å². The van der Waals surface area contributed by atoms with Gasteiger partial charge in [0.05, 0.1) is 0 Å². The molecule has 2 N–H and O–H groups in total. The zero-order chi connectivity index (χ0) is 20.6. The van der Waals surface area contributed by atoms with Crippen LogP contribution in [0.1, 0.15) is 25.7 Å². The quantitative estimate of drug-likeness (QED) is 0.583. The number of halogens is 1. The molecule has 0 spiro atoms. The minimum atomic E-state index is -4.19. The van der Waals surface area contributed by atoms with Crippen LogP contribution >= 0.6 is 11.8 Å². The Hall–Kier alpha value is -1.65. The van der Waals surface area contributed by atoms with Crippen molar-refractivity contribution in [3.63, 3.8) is 0 Å². The first-order chi connectivity index (χ1) is 13.3. The number of amides is 2. The Morgan fingerprint density at radius 3 is 2.57 bits per heavy atom. The van der Waals surface area contributed by atoms with Gasteiger partial charge in [-0.1, -0.05) is 12.1 Å². The Bertz CT molecular complexity index is 783. The maximum atomic E-state index is 13.9. The van der Waals surface area contributed by atoms with Crippen molar-refractivity contribution in [2.75, 3.05) is 31.6 Å². The van der Waals surface area contributed by atoms with Gasteiger partial charge in [-0.05, 0) is 43.4 Å². The molecule has 2 amide bonds. The summed E-state index contributed by atoms with van der Waals surface area (Å²) in [7, 11) is -4.19. The average molecular weight is 432 g/mol. The van der Waals surface area contributed by atoms with E-state index in [1.807, 2.05) is 6.26 Å². The number of likely N-dealkylation sites (tertiary alicyclic amines) is 1. The topological polar surface area (TPSA) is 95.6 Å². The van der Waals surface area contributed by atoms with Gasteiger partial charge in [-0.15, -0.1) is 0 Å². The van der Waals surface area contributed by atoms with Crippen molar-refractivity contribution in [1.82, 2.24) is 14.9 Å². The van der Waals surface area contributed by atoms with Crippen LogP contribution in [0.3, 0.4) is 0 Å². The predicted octanol–water partition coefficient (Wildman–Crippen LogP) is 1.35. The summed E-state index contributed by atoms with van der Waals surface area (Å²) < 4.78 is 41.1. The van der Waals surface area contributed by atoms with E-state index in [1.165, 1.54) is 23.9 Å². The molecule has 1 fully saturated rings. The molecule has 1 aromatic carbocycles. The second-order valence-electron chi connectivity index (χ2n) is 6.51. The van der Waals surface area contributed by atoms with Gasteiger partial charge in [0.2, 0.25) is 21.8 Å². The van der Waals surface area contributed by atoms with E-state index in [4.69, 9.17) is 0 Å². The molecule has 1 aliphatic heterocycles. The van der Waals surface area contributed by atoms with Crippen LogP contribution in [0.2, 0.25) is 0 Å². The summed E-state index contributed by atoms with van der Waals surface area (Å²) >= 11 is 1.47. The number of thioether (sulfide) groups is 1. The third-order valence-corrected chi connectivity index (χ3v) is 6.60. The minimum absolute atomic E-state index is 0.0228. The first kappa shape index (κ1) is 22.6. The lowest BCUT2D eigenvalue weighted by molar-refractivity contribution is -0.130. The van der Waals surface area contributed by atoms with E-state index in [9.17, 15) is 22.4 Å². The molecule has 156 valence electrons. The molecular weight excluding hydrogens is 405 g/mol. The number of carbonyl (C=O) groups excluding carboxylic acids is 2. The summed E-state index contributed by atoms with van der Waals surface area (Å²) in [5.74, 6) is -0.881. The standard InChI is InChI=1S/C18H26FN3O4S2/c1-27-13-9-15(21-28(25,26)16-7-3-2-6-14(16)19)18(24)20-10-8-17(23)22-11-4-5-12-22/h2-3,6-7,15,21H,4-5,8-13H2,1H3,(H,20,24)/t15-/m1/s1. The summed E-state index contributed by atoms with van der Waals surface area (Å²) in [5.41, 5.74) is 0. The molecule has 0 unspecified atom stereocenters. The summed E-state index contributed by atoms with van der Waals surface area (Å²) in [5, 5.41) is 2.62. The van der Waals surface area contributed by atoms with Gasteiger partial charge >= 0.3 is 0 Å². The van der Waals surface area contributed by atoms with Crippen LogP contribution in [0.15, 0.2) is 29.2 Å². The van der Waals surface area contributed by atoms with Crippen LogP contribution in [0, 0.1) is 5.82 Å². The van der Waals surface area contributed by atoms with Gasteiger partial charge < -0.3 is 10.2 Å². The number of carbonyl (C=O) groups is 2. The number of hydrogen-bond acceptors (Lipinski definition) is 5. The molecule has 0 radical (unpaired) electrons. The molecule has 28 heavy (non-hydrogen) atoms.